The lowest BCUT2D eigenvalue weighted by atomic mass is 10.0. The van der Waals surface area contributed by atoms with Crippen LogP contribution < -0.4 is 15.6 Å². The number of β-lactam (4-membered cyclic amide) rings is 1. The number of oxime groups is 1. The second-order valence-corrected chi connectivity index (χ2v) is 12.3. The Labute approximate surface area is 238 Å². The maximum atomic E-state index is 13.2. The molecule has 3 aromatic rings. The Morgan fingerprint density at radius 3 is 2.75 bits per heavy atom. The van der Waals surface area contributed by atoms with Crippen LogP contribution in [0.25, 0.3) is 10.1 Å². The number of aromatic nitrogens is 2. The lowest BCUT2D eigenvalue weighted by molar-refractivity contribution is -0.687. The third-order valence-electron chi connectivity index (χ3n) is 6.23. The standard InChI is InChI=1S/C24H22N6O7S3/c1-24(2,22(35)36)37-28-15(13-10-40-23(25)26-13)18(31)27-16-19(32)30-17(21(33)34)12(9-39-20(16)30)7-29-5-3-11-4-6-38-14(11)8-29/h3-6,8,10,16,20H,7,9H2,1-2H3,(H4-,25,26,27,31,33,34,35,36)/p+1/t16?,20-/m1/s1. The molecular formula is C24H23N6O7S3+. The van der Waals surface area contributed by atoms with E-state index in [1.807, 2.05) is 34.5 Å². The zero-order chi connectivity index (χ0) is 28.8. The topological polar surface area (TPSA) is 188 Å². The molecule has 1 unspecified atom stereocenters. The molecular weight excluding hydrogens is 581 g/mol. The van der Waals surface area contributed by atoms with Gasteiger partial charge in [0, 0.05) is 28.2 Å². The number of carboxylic acids is 2. The Morgan fingerprint density at radius 1 is 1.30 bits per heavy atom. The van der Waals surface area contributed by atoms with Gasteiger partial charge in [-0.05, 0) is 25.3 Å². The monoisotopic (exact) mass is 603 g/mol. The Hall–Kier alpha value is -4.02. The third kappa shape index (κ3) is 5.12. The highest BCUT2D eigenvalue weighted by Crippen LogP contribution is 2.40. The van der Waals surface area contributed by atoms with Crippen LogP contribution in [0.15, 0.2) is 51.7 Å². The van der Waals surface area contributed by atoms with Gasteiger partial charge in [-0.3, -0.25) is 14.5 Å². The number of rotatable bonds is 9. The summed E-state index contributed by atoms with van der Waals surface area (Å²) in [6.07, 6.45) is 3.79. The fraction of sp³-hybridized carbons (Fsp3) is 0.292. The van der Waals surface area contributed by atoms with E-state index >= 15 is 0 Å². The number of nitrogen functional groups attached to an aromatic ring is 1. The van der Waals surface area contributed by atoms with Crippen LogP contribution in [0.5, 0.6) is 0 Å². The smallest absolute Gasteiger partial charge is 0.352 e. The Kier molecular flexibility index (Phi) is 7.24. The van der Waals surface area contributed by atoms with Crippen molar-refractivity contribution in [3.63, 3.8) is 0 Å². The zero-order valence-electron chi connectivity index (χ0n) is 21.1. The highest BCUT2D eigenvalue weighted by Gasteiger charge is 2.55. The second kappa shape index (κ2) is 10.5. The Bertz CT molecular complexity index is 1610. The van der Waals surface area contributed by atoms with E-state index in [1.54, 1.807) is 11.3 Å². The first kappa shape index (κ1) is 27.5. The first-order chi connectivity index (χ1) is 19.0. The van der Waals surface area contributed by atoms with E-state index in [4.69, 9.17) is 10.6 Å². The molecule has 2 aliphatic heterocycles. The van der Waals surface area contributed by atoms with Crippen molar-refractivity contribution in [1.82, 2.24) is 15.2 Å². The number of carbonyl (C=O) groups excluding carboxylic acids is 2. The number of nitrogens with two attached hydrogens (primary N) is 1. The van der Waals surface area contributed by atoms with Gasteiger partial charge in [0.25, 0.3) is 11.8 Å². The molecule has 0 spiro atoms. The first-order valence-corrected chi connectivity index (χ1v) is 14.5. The summed E-state index contributed by atoms with van der Waals surface area (Å²) in [5.74, 6) is -3.66. The summed E-state index contributed by atoms with van der Waals surface area (Å²) in [5, 5.41) is 29.6. The number of carbonyl (C=O) groups is 4. The fourth-order valence-electron chi connectivity index (χ4n) is 4.08. The molecule has 2 atom stereocenters. The average Bonchev–Trinajstić information content (AvgIpc) is 3.55. The van der Waals surface area contributed by atoms with Crippen molar-refractivity contribution < 1.29 is 38.8 Å². The summed E-state index contributed by atoms with van der Waals surface area (Å²) in [7, 11) is 0. The number of fused-ring (bicyclic) bond motifs is 2. The van der Waals surface area contributed by atoms with Crippen LogP contribution in [0.3, 0.4) is 0 Å². The summed E-state index contributed by atoms with van der Waals surface area (Å²) in [6, 6.07) is 2.90. The molecule has 5 heterocycles. The van der Waals surface area contributed by atoms with Crippen molar-refractivity contribution in [3.05, 3.63) is 52.3 Å². The molecule has 2 amide bonds. The van der Waals surface area contributed by atoms with Crippen LogP contribution in [0.1, 0.15) is 19.5 Å². The molecule has 0 saturated carbocycles. The fourth-order valence-corrected chi connectivity index (χ4v) is 6.79. The zero-order valence-corrected chi connectivity index (χ0v) is 23.5. The molecule has 40 heavy (non-hydrogen) atoms. The minimum Gasteiger partial charge on any atom is -0.478 e. The molecule has 5 N–H and O–H groups in total. The quantitative estimate of drug-likeness (QED) is 0.120. The maximum Gasteiger partial charge on any atom is 0.352 e. The predicted molar refractivity (Wildman–Crippen MR) is 148 cm³/mol. The molecule has 1 saturated heterocycles. The van der Waals surface area contributed by atoms with Gasteiger partial charge in [-0.15, -0.1) is 34.4 Å². The van der Waals surface area contributed by atoms with Crippen molar-refractivity contribution in [2.45, 2.75) is 37.4 Å². The maximum absolute atomic E-state index is 13.2. The number of hydrogen-bond acceptors (Lipinski definition) is 11. The molecule has 0 aromatic carbocycles. The van der Waals surface area contributed by atoms with Gasteiger partial charge in [-0.25, -0.2) is 14.6 Å². The largest absolute Gasteiger partial charge is 0.478 e. The van der Waals surface area contributed by atoms with Crippen LogP contribution in [0, 0.1) is 0 Å². The molecule has 208 valence electrons. The van der Waals surface area contributed by atoms with Gasteiger partial charge in [-0.2, -0.15) is 4.57 Å². The van der Waals surface area contributed by atoms with E-state index in [1.165, 1.54) is 35.9 Å². The van der Waals surface area contributed by atoms with E-state index in [-0.39, 0.29) is 28.8 Å². The van der Waals surface area contributed by atoms with Gasteiger partial charge in [0.15, 0.2) is 29.8 Å². The van der Waals surface area contributed by atoms with Crippen molar-refractivity contribution in [3.8, 4) is 0 Å². The van der Waals surface area contributed by atoms with Gasteiger partial charge >= 0.3 is 11.9 Å². The minimum atomic E-state index is -1.75. The highest BCUT2D eigenvalue weighted by atomic mass is 32.2. The van der Waals surface area contributed by atoms with E-state index < -0.39 is 40.8 Å². The van der Waals surface area contributed by atoms with E-state index in [9.17, 15) is 29.4 Å². The number of carboxylic acid groups (broad SMARTS) is 2. The first-order valence-electron chi connectivity index (χ1n) is 11.7. The summed E-state index contributed by atoms with van der Waals surface area (Å²) < 4.78 is 2.93. The lowest BCUT2D eigenvalue weighted by Crippen LogP contribution is -2.71. The minimum absolute atomic E-state index is 0.0363. The molecule has 0 bridgehead atoms. The number of hydrogen-bond donors (Lipinski definition) is 4. The van der Waals surface area contributed by atoms with Gasteiger partial charge < -0.3 is 26.1 Å². The molecule has 2 aliphatic rings. The number of amides is 2. The van der Waals surface area contributed by atoms with Crippen LogP contribution >= 0.6 is 34.4 Å². The van der Waals surface area contributed by atoms with Crippen molar-refractivity contribution in [1.29, 1.82) is 0 Å². The normalized spacial score (nSPS) is 19.3. The summed E-state index contributed by atoms with van der Waals surface area (Å²) in [5.41, 5.74) is 4.06. The number of thiophene rings is 1. The molecule has 0 aliphatic carbocycles. The van der Waals surface area contributed by atoms with Gasteiger partial charge in [0.2, 0.25) is 5.60 Å². The van der Waals surface area contributed by atoms with Gasteiger partial charge in [0.1, 0.15) is 22.8 Å². The highest BCUT2D eigenvalue weighted by molar-refractivity contribution is 8.00. The summed E-state index contributed by atoms with van der Waals surface area (Å²) in [6.45, 7) is 2.79. The number of nitrogens with zero attached hydrogens (tertiary/aromatic N) is 4. The van der Waals surface area contributed by atoms with Crippen LogP contribution in [-0.2, 0) is 30.6 Å². The van der Waals surface area contributed by atoms with Crippen molar-refractivity contribution in [2.75, 3.05) is 11.5 Å². The average molecular weight is 604 g/mol. The van der Waals surface area contributed by atoms with E-state index in [0.717, 1.165) is 21.4 Å². The number of pyridine rings is 1. The number of thiazole rings is 1. The molecule has 3 aromatic heterocycles. The summed E-state index contributed by atoms with van der Waals surface area (Å²) in [4.78, 5) is 60.4. The van der Waals surface area contributed by atoms with Crippen LogP contribution in [0.2, 0.25) is 0 Å². The second-order valence-electron chi connectivity index (χ2n) is 9.39. The van der Waals surface area contributed by atoms with Crippen LogP contribution in [-0.4, -0.2) is 72.3 Å². The number of thioether (sulfide) groups is 1. The number of anilines is 1. The van der Waals surface area contributed by atoms with Crippen LogP contribution in [0.4, 0.5) is 5.13 Å². The third-order valence-corrected chi connectivity index (χ3v) is 9.11. The predicted octanol–water partition coefficient (Wildman–Crippen LogP) is 1.25. The SMILES string of the molecule is CC(C)(ON=C(C(=O)NC1C(=O)N2C(C(=O)O)=C(C[n+]3ccc4ccsc4c3)CS[C@H]12)c1csc(N)n1)C(=O)O. The van der Waals surface area contributed by atoms with Crippen molar-refractivity contribution >= 4 is 79.1 Å². The van der Waals surface area contributed by atoms with Gasteiger partial charge in [-0.1, -0.05) is 5.16 Å². The molecule has 13 nitrogen and oxygen atoms in total. The molecule has 1 fully saturated rings. The Morgan fingerprint density at radius 2 is 2.08 bits per heavy atom. The molecule has 16 heteroatoms. The van der Waals surface area contributed by atoms with Gasteiger partial charge in [0.05, 0.1) is 4.70 Å². The number of nitrogens with one attached hydrogen (secondary N) is 1. The van der Waals surface area contributed by atoms with Crippen molar-refractivity contribution in [2.24, 2.45) is 5.16 Å². The molecule has 5 rings (SSSR count). The number of aliphatic carboxylic acids is 2. The van der Waals surface area contributed by atoms with E-state index in [2.05, 4.69) is 15.5 Å². The van der Waals surface area contributed by atoms with E-state index in [0.29, 0.717) is 11.3 Å². The molecule has 0 radical (unpaired) electrons. The Balaban J connectivity index is 1.36. The summed E-state index contributed by atoms with van der Waals surface area (Å²) >= 11 is 3.94. The lowest BCUT2D eigenvalue weighted by Gasteiger charge is -2.49.